The molecule has 0 aliphatic carbocycles. The summed E-state index contributed by atoms with van der Waals surface area (Å²) in [6.45, 7) is 0. The second-order valence-corrected chi connectivity index (χ2v) is 6.50. The number of hydrogen-bond acceptors (Lipinski definition) is 6. The highest BCUT2D eigenvalue weighted by molar-refractivity contribution is 7.99. The summed E-state index contributed by atoms with van der Waals surface area (Å²) >= 11 is 1.22. The molecule has 1 aliphatic heterocycles. The van der Waals surface area contributed by atoms with Gasteiger partial charge in [0.1, 0.15) is 17.3 Å². The van der Waals surface area contributed by atoms with Crippen LogP contribution in [0.4, 0.5) is 5.82 Å². The highest BCUT2D eigenvalue weighted by Gasteiger charge is 2.32. The lowest BCUT2D eigenvalue weighted by atomic mass is 9.86. The van der Waals surface area contributed by atoms with Gasteiger partial charge in [0.2, 0.25) is 5.91 Å². The summed E-state index contributed by atoms with van der Waals surface area (Å²) < 4.78 is 10.6. The maximum absolute atomic E-state index is 12.7. The van der Waals surface area contributed by atoms with Gasteiger partial charge in [-0.1, -0.05) is 23.7 Å². The van der Waals surface area contributed by atoms with Gasteiger partial charge >= 0.3 is 0 Å². The minimum absolute atomic E-state index is 0.122. The zero-order valence-corrected chi connectivity index (χ0v) is 15.1. The van der Waals surface area contributed by atoms with Gasteiger partial charge in [0.05, 0.1) is 25.5 Å². The molecule has 0 bridgehead atoms. The lowest BCUT2D eigenvalue weighted by Crippen LogP contribution is -2.31. The number of carbonyl (C=O) groups excluding carboxylic acids is 1. The van der Waals surface area contributed by atoms with Crippen LogP contribution in [0.15, 0.2) is 28.2 Å². The molecular formula is C18H17N3O4S. The van der Waals surface area contributed by atoms with Crippen LogP contribution in [0.3, 0.4) is 0 Å². The fourth-order valence-corrected chi connectivity index (χ4v) is 3.44. The van der Waals surface area contributed by atoms with E-state index >= 15 is 0 Å². The van der Waals surface area contributed by atoms with Crippen LogP contribution in [0.5, 0.6) is 11.5 Å². The summed E-state index contributed by atoms with van der Waals surface area (Å²) in [5.74, 6) is 3.57. The van der Waals surface area contributed by atoms with Gasteiger partial charge < -0.3 is 19.8 Å². The monoisotopic (exact) mass is 371 g/mol. The van der Waals surface area contributed by atoms with Gasteiger partial charge in [-0.25, -0.2) is 4.98 Å². The topological polar surface area (TPSA) is 93.3 Å². The molecule has 7 nitrogen and oxygen atoms in total. The molecule has 2 heterocycles. The van der Waals surface area contributed by atoms with E-state index in [4.69, 9.17) is 15.9 Å². The van der Waals surface area contributed by atoms with E-state index in [0.717, 1.165) is 5.56 Å². The van der Waals surface area contributed by atoms with Crippen LogP contribution in [0, 0.1) is 12.3 Å². The molecule has 134 valence electrons. The first-order valence-electron chi connectivity index (χ1n) is 7.79. The molecule has 1 amide bonds. The van der Waals surface area contributed by atoms with Crippen LogP contribution < -0.4 is 20.3 Å². The maximum atomic E-state index is 12.7. The number of thioether (sulfide) groups is 1. The minimum Gasteiger partial charge on any atom is -0.497 e. The molecule has 1 aromatic heterocycles. The molecule has 1 aliphatic rings. The van der Waals surface area contributed by atoms with Crippen LogP contribution in [0.2, 0.25) is 0 Å². The number of benzene rings is 1. The minimum atomic E-state index is -0.470. The van der Waals surface area contributed by atoms with Crippen LogP contribution >= 0.6 is 11.8 Å². The number of H-pyrrole nitrogens is 1. The van der Waals surface area contributed by atoms with Crippen LogP contribution in [-0.2, 0) is 4.79 Å². The lowest BCUT2D eigenvalue weighted by Gasteiger charge is -2.25. The molecule has 0 unspecified atom stereocenters. The Morgan fingerprint density at radius 1 is 1.35 bits per heavy atom. The SMILES string of the molecule is C#CCSc1nc2c(c(=O)[nH]1)[C@@H](c1ccc(OC)cc1OC)CC(=O)N2. The fraction of sp³-hybridized carbons (Fsp3) is 0.278. The van der Waals surface area contributed by atoms with E-state index in [-0.39, 0.29) is 23.7 Å². The van der Waals surface area contributed by atoms with Gasteiger partial charge in [-0.15, -0.1) is 6.42 Å². The summed E-state index contributed by atoms with van der Waals surface area (Å²) in [5.41, 5.74) is 0.816. The lowest BCUT2D eigenvalue weighted by molar-refractivity contribution is -0.116. The molecule has 8 heteroatoms. The predicted octanol–water partition coefficient (Wildman–Crippen LogP) is 1.99. The summed E-state index contributed by atoms with van der Waals surface area (Å²) in [5, 5.41) is 3.05. The predicted molar refractivity (Wildman–Crippen MR) is 99.1 cm³/mol. The van der Waals surface area contributed by atoms with E-state index in [1.165, 1.54) is 18.9 Å². The van der Waals surface area contributed by atoms with Crippen molar-refractivity contribution in [1.82, 2.24) is 9.97 Å². The molecular weight excluding hydrogens is 354 g/mol. The number of terminal acetylenes is 1. The first kappa shape index (κ1) is 17.9. The first-order chi connectivity index (χ1) is 12.6. The van der Waals surface area contributed by atoms with Gasteiger partial charge in [-0.3, -0.25) is 9.59 Å². The molecule has 26 heavy (non-hydrogen) atoms. The number of nitrogens with zero attached hydrogens (tertiary/aromatic N) is 1. The highest BCUT2D eigenvalue weighted by Crippen LogP contribution is 2.39. The van der Waals surface area contributed by atoms with Crippen molar-refractivity contribution in [3.05, 3.63) is 39.7 Å². The fourth-order valence-electron chi connectivity index (χ4n) is 2.90. The van der Waals surface area contributed by atoms with E-state index in [9.17, 15) is 9.59 Å². The van der Waals surface area contributed by atoms with E-state index in [0.29, 0.717) is 28.0 Å². The quantitative estimate of drug-likeness (QED) is 0.474. The second kappa shape index (κ2) is 7.54. The van der Waals surface area contributed by atoms with Gasteiger partial charge in [0.15, 0.2) is 5.16 Å². The summed E-state index contributed by atoms with van der Waals surface area (Å²) in [4.78, 5) is 32.0. The van der Waals surface area contributed by atoms with Crippen molar-refractivity contribution in [2.75, 3.05) is 25.3 Å². The van der Waals surface area contributed by atoms with Gasteiger partial charge in [0.25, 0.3) is 5.56 Å². The van der Waals surface area contributed by atoms with Crippen molar-refractivity contribution < 1.29 is 14.3 Å². The number of rotatable bonds is 5. The summed E-state index contributed by atoms with van der Waals surface area (Å²) in [6.07, 6.45) is 5.37. The van der Waals surface area contributed by atoms with Crippen LogP contribution in [0.25, 0.3) is 0 Å². The normalized spacial score (nSPS) is 15.6. The van der Waals surface area contributed by atoms with Crippen molar-refractivity contribution >= 4 is 23.5 Å². The number of nitrogens with one attached hydrogen (secondary N) is 2. The summed E-state index contributed by atoms with van der Waals surface area (Å²) in [7, 11) is 3.09. The number of carbonyl (C=O) groups is 1. The Balaban J connectivity index is 2.11. The number of methoxy groups -OCH3 is 2. The van der Waals surface area contributed by atoms with Crippen molar-refractivity contribution in [2.24, 2.45) is 0 Å². The maximum Gasteiger partial charge on any atom is 0.257 e. The van der Waals surface area contributed by atoms with E-state index in [1.54, 1.807) is 25.3 Å². The molecule has 0 saturated carbocycles. The Kier molecular flexibility index (Phi) is 5.19. The number of aromatic nitrogens is 2. The van der Waals surface area contributed by atoms with E-state index < -0.39 is 5.92 Å². The summed E-state index contributed by atoms with van der Waals surface area (Å²) in [6, 6.07) is 5.29. The Hall–Kier alpha value is -2.92. The van der Waals surface area contributed by atoms with Gasteiger partial charge in [-0.05, 0) is 6.07 Å². The average molecular weight is 371 g/mol. The third-order valence-electron chi connectivity index (χ3n) is 4.04. The Bertz CT molecular complexity index is 948. The molecule has 2 aromatic rings. The number of hydrogen-bond donors (Lipinski definition) is 2. The van der Waals surface area contributed by atoms with Crippen molar-refractivity contribution in [3.63, 3.8) is 0 Å². The van der Waals surface area contributed by atoms with E-state index in [1.807, 2.05) is 0 Å². The van der Waals surface area contributed by atoms with Crippen molar-refractivity contribution in [1.29, 1.82) is 0 Å². The third-order valence-corrected chi connectivity index (χ3v) is 4.82. The van der Waals surface area contributed by atoms with Gasteiger partial charge in [-0.2, -0.15) is 0 Å². The van der Waals surface area contributed by atoms with Crippen LogP contribution in [0.1, 0.15) is 23.5 Å². The van der Waals surface area contributed by atoms with Crippen molar-refractivity contribution in [3.8, 4) is 23.8 Å². The molecule has 0 spiro atoms. The number of fused-ring (bicyclic) bond motifs is 1. The van der Waals surface area contributed by atoms with Crippen molar-refractivity contribution in [2.45, 2.75) is 17.5 Å². The van der Waals surface area contributed by atoms with E-state index in [2.05, 4.69) is 21.2 Å². The number of amides is 1. The Morgan fingerprint density at radius 3 is 2.85 bits per heavy atom. The Morgan fingerprint density at radius 2 is 2.15 bits per heavy atom. The first-order valence-corrected chi connectivity index (χ1v) is 8.78. The number of ether oxygens (including phenoxy) is 2. The second-order valence-electron chi connectivity index (χ2n) is 5.54. The zero-order valence-electron chi connectivity index (χ0n) is 14.3. The molecule has 0 fully saturated rings. The molecule has 0 radical (unpaired) electrons. The third kappa shape index (κ3) is 3.39. The largest absolute Gasteiger partial charge is 0.497 e. The Labute approximate surface area is 154 Å². The van der Waals surface area contributed by atoms with Crippen LogP contribution in [-0.4, -0.2) is 35.8 Å². The average Bonchev–Trinajstić information content (AvgIpc) is 2.64. The molecule has 3 rings (SSSR count). The standard InChI is InChI=1S/C18H17N3O4S/c1-4-7-26-18-20-16-15(17(23)21-18)12(9-14(22)19-16)11-6-5-10(24-2)8-13(11)25-3/h1,5-6,8,12H,7,9H2,2-3H3,(H2,19,20,21,22,23)/t12-/m1/s1. The molecule has 1 atom stereocenters. The smallest absolute Gasteiger partial charge is 0.257 e. The molecule has 1 aromatic carbocycles. The highest BCUT2D eigenvalue weighted by atomic mass is 32.2. The number of aromatic amines is 1. The molecule has 0 saturated heterocycles. The molecule has 2 N–H and O–H groups in total. The van der Waals surface area contributed by atoms with Gasteiger partial charge in [0, 0.05) is 24.0 Å². The number of anilines is 1. The zero-order chi connectivity index (χ0) is 18.7.